The molecule has 1 aromatic rings. The van der Waals surface area contributed by atoms with Gasteiger partial charge in [-0.3, -0.25) is 0 Å². The number of esters is 1. The van der Waals surface area contributed by atoms with E-state index in [-0.39, 0.29) is 11.3 Å². The zero-order valence-electron chi connectivity index (χ0n) is 7.96. The smallest absolute Gasteiger partial charge is 0.353 e. The van der Waals surface area contributed by atoms with Crippen molar-refractivity contribution in [3.63, 3.8) is 0 Å². The van der Waals surface area contributed by atoms with Crippen LogP contribution >= 0.6 is 0 Å². The first-order chi connectivity index (χ1) is 7.02. The molecule has 0 heterocycles. The topological polar surface area (TPSA) is 52.3 Å². The Morgan fingerprint density at radius 2 is 1.87 bits per heavy atom. The average Bonchev–Trinajstić information content (AvgIpc) is 2.14. The van der Waals surface area contributed by atoms with Gasteiger partial charge in [0.2, 0.25) is 0 Å². The fourth-order valence-corrected chi connectivity index (χ4v) is 1.01. The second-order valence-electron chi connectivity index (χ2n) is 2.79. The van der Waals surface area contributed by atoms with Gasteiger partial charge in [-0.2, -0.15) is 0 Å². The van der Waals surface area contributed by atoms with Crippen LogP contribution in [0.2, 0.25) is 0 Å². The van der Waals surface area contributed by atoms with Crippen molar-refractivity contribution in [3.8, 4) is 0 Å². The minimum Gasteiger partial charge on any atom is -0.464 e. The number of halogens is 2. The highest BCUT2D eigenvalue weighted by atomic mass is 19.1. The molecule has 0 spiro atoms. The Kier molecular flexibility index (Phi) is 3.38. The van der Waals surface area contributed by atoms with Gasteiger partial charge in [0.25, 0.3) is 0 Å². The molecule has 0 aliphatic carbocycles. The highest BCUT2D eigenvalue weighted by molar-refractivity contribution is 5.92. The molecular weight excluding hydrogens is 204 g/mol. The molecule has 1 rings (SSSR count). The van der Waals surface area contributed by atoms with Crippen LogP contribution in [0.4, 0.5) is 8.78 Å². The summed E-state index contributed by atoms with van der Waals surface area (Å²) in [6.45, 7) is 0. The van der Waals surface area contributed by atoms with Crippen LogP contribution in [0.1, 0.15) is 5.56 Å². The Balaban J connectivity index is 3.02. The monoisotopic (exact) mass is 213 g/mol. The van der Waals surface area contributed by atoms with Crippen molar-refractivity contribution in [1.29, 1.82) is 0 Å². The molecule has 1 aromatic carbocycles. The first-order valence-corrected chi connectivity index (χ1v) is 4.04. The molecule has 0 aliphatic rings. The van der Waals surface area contributed by atoms with E-state index in [1.165, 1.54) is 0 Å². The third-order valence-electron chi connectivity index (χ3n) is 1.63. The largest absolute Gasteiger partial charge is 0.464 e. The van der Waals surface area contributed by atoms with E-state index in [2.05, 4.69) is 4.74 Å². The van der Waals surface area contributed by atoms with E-state index in [1.54, 1.807) is 0 Å². The summed E-state index contributed by atoms with van der Waals surface area (Å²) in [5.41, 5.74) is 5.24. The van der Waals surface area contributed by atoms with E-state index in [1.807, 2.05) is 0 Å². The highest BCUT2D eigenvalue weighted by Crippen LogP contribution is 2.10. The average molecular weight is 213 g/mol. The SMILES string of the molecule is COC(=O)/C(N)=C/c1cc(F)cc(F)c1. The van der Waals surface area contributed by atoms with Crippen LogP contribution in [0.15, 0.2) is 23.9 Å². The van der Waals surface area contributed by atoms with Gasteiger partial charge in [-0.1, -0.05) is 0 Å². The van der Waals surface area contributed by atoms with Gasteiger partial charge in [-0.05, 0) is 23.8 Å². The minimum absolute atomic E-state index is 0.162. The first kappa shape index (κ1) is 11.2. The van der Waals surface area contributed by atoms with E-state index in [9.17, 15) is 13.6 Å². The number of carbonyl (C=O) groups excluding carboxylic acids is 1. The molecule has 0 aliphatic heterocycles. The van der Waals surface area contributed by atoms with Gasteiger partial charge in [0.05, 0.1) is 7.11 Å². The molecule has 0 unspecified atom stereocenters. The lowest BCUT2D eigenvalue weighted by Crippen LogP contribution is -2.12. The Bertz CT molecular complexity index is 396. The van der Waals surface area contributed by atoms with Gasteiger partial charge in [0, 0.05) is 6.07 Å². The molecule has 0 atom stereocenters. The predicted octanol–water partition coefficient (Wildman–Crippen LogP) is 1.44. The summed E-state index contributed by atoms with van der Waals surface area (Å²) in [7, 11) is 1.16. The van der Waals surface area contributed by atoms with Crippen LogP contribution in [-0.4, -0.2) is 13.1 Å². The highest BCUT2D eigenvalue weighted by Gasteiger charge is 2.05. The number of benzene rings is 1. The standard InChI is InChI=1S/C10H9F2NO2/c1-15-10(14)9(13)4-6-2-7(11)5-8(12)3-6/h2-5H,13H2,1H3/b9-4-. The third kappa shape index (κ3) is 3.05. The molecule has 0 amide bonds. The molecule has 5 heteroatoms. The maximum atomic E-state index is 12.7. The van der Waals surface area contributed by atoms with Crippen molar-refractivity contribution in [2.24, 2.45) is 5.73 Å². The zero-order valence-corrected chi connectivity index (χ0v) is 7.96. The van der Waals surface area contributed by atoms with E-state index < -0.39 is 17.6 Å². The molecule has 0 fully saturated rings. The normalized spacial score (nSPS) is 11.3. The molecule has 2 N–H and O–H groups in total. The first-order valence-electron chi connectivity index (χ1n) is 4.04. The molecule has 3 nitrogen and oxygen atoms in total. The molecule has 0 radical (unpaired) electrons. The molecule has 80 valence electrons. The van der Waals surface area contributed by atoms with E-state index in [0.29, 0.717) is 0 Å². The van der Waals surface area contributed by atoms with Crippen molar-refractivity contribution in [2.45, 2.75) is 0 Å². The van der Waals surface area contributed by atoms with Crippen molar-refractivity contribution in [3.05, 3.63) is 41.1 Å². The Hall–Kier alpha value is -1.91. The second-order valence-corrected chi connectivity index (χ2v) is 2.79. The number of ether oxygens (including phenoxy) is 1. The van der Waals surface area contributed by atoms with Crippen LogP contribution in [0.3, 0.4) is 0 Å². The lowest BCUT2D eigenvalue weighted by atomic mass is 10.2. The number of carbonyl (C=O) groups is 1. The van der Waals surface area contributed by atoms with Crippen molar-refractivity contribution >= 4 is 12.0 Å². The Labute approximate surface area is 85.1 Å². The van der Waals surface area contributed by atoms with Gasteiger partial charge in [-0.15, -0.1) is 0 Å². The van der Waals surface area contributed by atoms with Crippen LogP contribution in [-0.2, 0) is 9.53 Å². The summed E-state index contributed by atoms with van der Waals surface area (Å²) in [6.07, 6.45) is 1.14. The fourth-order valence-electron chi connectivity index (χ4n) is 1.01. The van der Waals surface area contributed by atoms with Crippen LogP contribution < -0.4 is 5.73 Å². The van der Waals surface area contributed by atoms with Crippen LogP contribution in [0.25, 0.3) is 6.08 Å². The number of rotatable bonds is 2. The predicted molar refractivity (Wildman–Crippen MR) is 50.5 cm³/mol. The van der Waals surface area contributed by atoms with E-state index >= 15 is 0 Å². The van der Waals surface area contributed by atoms with Crippen molar-refractivity contribution in [1.82, 2.24) is 0 Å². The summed E-state index contributed by atoms with van der Waals surface area (Å²) in [6, 6.07) is 2.84. The summed E-state index contributed by atoms with van der Waals surface area (Å²) in [5, 5.41) is 0. The van der Waals surface area contributed by atoms with Crippen molar-refractivity contribution < 1.29 is 18.3 Å². The fraction of sp³-hybridized carbons (Fsp3) is 0.100. The number of nitrogens with two attached hydrogens (primary N) is 1. The quantitative estimate of drug-likeness (QED) is 0.597. The molecule has 0 saturated heterocycles. The number of hydrogen-bond donors (Lipinski definition) is 1. The van der Waals surface area contributed by atoms with Gasteiger partial charge >= 0.3 is 5.97 Å². The van der Waals surface area contributed by atoms with Gasteiger partial charge in [0.15, 0.2) is 0 Å². The minimum atomic E-state index is -0.750. The van der Waals surface area contributed by atoms with E-state index in [4.69, 9.17) is 5.73 Å². The molecule has 0 saturated carbocycles. The summed E-state index contributed by atoms with van der Waals surface area (Å²) in [4.78, 5) is 10.9. The Morgan fingerprint density at radius 3 is 2.33 bits per heavy atom. The molecule has 0 aromatic heterocycles. The number of hydrogen-bond acceptors (Lipinski definition) is 3. The zero-order chi connectivity index (χ0) is 11.4. The molecule has 0 bridgehead atoms. The molecule has 15 heavy (non-hydrogen) atoms. The number of methoxy groups -OCH3 is 1. The van der Waals surface area contributed by atoms with Crippen LogP contribution in [0.5, 0.6) is 0 Å². The summed E-state index contributed by atoms with van der Waals surface area (Å²) < 4.78 is 29.8. The lowest BCUT2D eigenvalue weighted by Gasteiger charge is -1.99. The van der Waals surface area contributed by atoms with E-state index in [0.717, 1.165) is 31.4 Å². The second kappa shape index (κ2) is 4.54. The molecular formula is C10H9F2NO2. The van der Waals surface area contributed by atoms with Crippen molar-refractivity contribution in [2.75, 3.05) is 7.11 Å². The maximum Gasteiger partial charge on any atom is 0.353 e. The van der Waals surface area contributed by atoms with Gasteiger partial charge in [0.1, 0.15) is 17.3 Å². The maximum absolute atomic E-state index is 12.7. The third-order valence-corrected chi connectivity index (χ3v) is 1.63. The van der Waals surface area contributed by atoms with Gasteiger partial charge < -0.3 is 10.5 Å². The summed E-state index contributed by atoms with van der Waals surface area (Å²) >= 11 is 0. The summed E-state index contributed by atoms with van der Waals surface area (Å²) in [5.74, 6) is -2.22. The lowest BCUT2D eigenvalue weighted by molar-refractivity contribution is -0.136. The Morgan fingerprint density at radius 1 is 1.33 bits per heavy atom. The van der Waals surface area contributed by atoms with Gasteiger partial charge in [-0.25, -0.2) is 13.6 Å². The van der Waals surface area contributed by atoms with Crippen LogP contribution in [0, 0.1) is 11.6 Å².